The molecule has 74 valence electrons. The summed E-state index contributed by atoms with van der Waals surface area (Å²) >= 11 is 0. The van der Waals surface area contributed by atoms with E-state index in [0.29, 0.717) is 0 Å². The molecule has 0 fully saturated rings. The number of hydrogen-bond donors (Lipinski definition) is 0. The van der Waals surface area contributed by atoms with Gasteiger partial charge in [-0.25, -0.2) is 9.13 Å². The highest BCUT2D eigenvalue weighted by atomic mass is 15.1. The van der Waals surface area contributed by atoms with Gasteiger partial charge in [0.05, 0.1) is 13.6 Å². The minimum atomic E-state index is 1.15. The van der Waals surface area contributed by atoms with Crippen molar-refractivity contribution >= 4 is 0 Å². The molecule has 1 rings (SSSR count). The highest BCUT2D eigenvalue weighted by Crippen LogP contribution is 2.02. The van der Waals surface area contributed by atoms with Crippen molar-refractivity contribution in [3.05, 3.63) is 18.2 Å². The van der Waals surface area contributed by atoms with E-state index in [1.54, 1.807) is 0 Å². The van der Waals surface area contributed by atoms with Gasteiger partial charge in [0.2, 0.25) is 0 Å². The highest BCUT2D eigenvalue weighted by Gasteiger charge is 2.11. The standard InChI is InChI=1S/C11H21N2/c1-4-6-7-11-12(3)9-10-13(11)8-5-2/h9-10H,4-8H2,1-3H3/q+1. The van der Waals surface area contributed by atoms with Gasteiger partial charge in [0, 0.05) is 6.42 Å². The van der Waals surface area contributed by atoms with Crippen molar-refractivity contribution in [1.29, 1.82) is 0 Å². The van der Waals surface area contributed by atoms with E-state index < -0.39 is 0 Å². The summed E-state index contributed by atoms with van der Waals surface area (Å²) in [7, 11) is 2.14. The van der Waals surface area contributed by atoms with Crippen LogP contribution in [0.2, 0.25) is 0 Å². The van der Waals surface area contributed by atoms with Gasteiger partial charge in [0.15, 0.2) is 0 Å². The molecule has 0 spiro atoms. The minimum Gasteiger partial charge on any atom is -0.237 e. The van der Waals surface area contributed by atoms with Gasteiger partial charge in [0.1, 0.15) is 12.4 Å². The molecule has 0 radical (unpaired) electrons. The summed E-state index contributed by atoms with van der Waals surface area (Å²) in [6, 6.07) is 0. The van der Waals surface area contributed by atoms with Crippen LogP contribution in [0.4, 0.5) is 0 Å². The average molecular weight is 181 g/mol. The molecule has 2 nitrogen and oxygen atoms in total. The third-order valence-corrected chi connectivity index (χ3v) is 2.43. The first kappa shape index (κ1) is 10.3. The van der Waals surface area contributed by atoms with Gasteiger partial charge < -0.3 is 0 Å². The molecule has 0 saturated carbocycles. The van der Waals surface area contributed by atoms with E-state index in [1.807, 2.05) is 0 Å². The van der Waals surface area contributed by atoms with Gasteiger partial charge in [-0.2, -0.15) is 0 Å². The van der Waals surface area contributed by atoms with E-state index in [1.165, 1.54) is 31.5 Å². The third kappa shape index (κ3) is 2.58. The average Bonchev–Trinajstić information content (AvgIpc) is 2.45. The van der Waals surface area contributed by atoms with E-state index in [0.717, 1.165) is 6.54 Å². The van der Waals surface area contributed by atoms with Crippen LogP contribution in [0.3, 0.4) is 0 Å². The summed E-state index contributed by atoms with van der Waals surface area (Å²) in [6.45, 7) is 5.62. The van der Waals surface area contributed by atoms with Gasteiger partial charge in [-0.05, 0) is 12.8 Å². The number of unbranched alkanes of at least 4 members (excludes halogenated alkanes) is 1. The number of hydrogen-bond acceptors (Lipinski definition) is 0. The summed E-state index contributed by atoms with van der Waals surface area (Å²) < 4.78 is 4.61. The van der Waals surface area contributed by atoms with Crippen molar-refractivity contribution in [2.24, 2.45) is 7.05 Å². The number of nitrogens with zero attached hydrogens (tertiary/aromatic N) is 2. The smallest absolute Gasteiger partial charge is 0.237 e. The zero-order valence-electron chi connectivity index (χ0n) is 9.08. The van der Waals surface area contributed by atoms with Crippen molar-refractivity contribution in [2.75, 3.05) is 0 Å². The van der Waals surface area contributed by atoms with Crippen LogP contribution in [-0.2, 0) is 20.0 Å². The topological polar surface area (TPSA) is 8.81 Å². The predicted molar refractivity (Wildman–Crippen MR) is 54.5 cm³/mol. The molecule has 0 aliphatic rings. The van der Waals surface area contributed by atoms with E-state index in [2.05, 4.69) is 42.4 Å². The quantitative estimate of drug-likeness (QED) is 0.615. The highest BCUT2D eigenvalue weighted by molar-refractivity contribution is 4.83. The molecular weight excluding hydrogens is 160 g/mol. The van der Waals surface area contributed by atoms with Crippen LogP contribution in [0, 0.1) is 0 Å². The molecule has 0 aliphatic heterocycles. The second-order valence-electron chi connectivity index (χ2n) is 3.62. The second kappa shape index (κ2) is 5.05. The Morgan fingerprint density at radius 1 is 1.31 bits per heavy atom. The van der Waals surface area contributed by atoms with E-state index in [9.17, 15) is 0 Å². The zero-order chi connectivity index (χ0) is 9.68. The molecule has 2 heteroatoms. The summed E-state index contributed by atoms with van der Waals surface area (Å²) in [5, 5.41) is 0. The maximum atomic E-state index is 2.37. The number of imidazole rings is 1. The fourth-order valence-corrected chi connectivity index (χ4v) is 1.65. The molecule has 0 aromatic carbocycles. The first-order valence-corrected chi connectivity index (χ1v) is 5.33. The van der Waals surface area contributed by atoms with Crippen LogP contribution in [0.1, 0.15) is 38.9 Å². The summed E-state index contributed by atoms with van der Waals surface area (Å²) in [6.07, 6.45) is 9.34. The Bertz CT molecular complexity index is 251. The summed E-state index contributed by atoms with van der Waals surface area (Å²) in [5.41, 5.74) is 0. The van der Waals surface area contributed by atoms with Crippen molar-refractivity contribution in [3.63, 3.8) is 0 Å². The Labute approximate surface area is 81.2 Å². The van der Waals surface area contributed by atoms with Crippen molar-refractivity contribution in [3.8, 4) is 0 Å². The molecular formula is C11H21N2+. The van der Waals surface area contributed by atoms with Crippen LogP contribution < -0.4 is 4.57 Å². The lowest BCUT2D eigenvalue weighted by atomic mass is 10.2. The molecule has 0 aliphatic carbocycles. The number of aryl methyl sites for hydroxylation is 2. The Morgan fingerprint density at radius 2 is 2.08 bits per heavy atom. The molecule has 1 heterocycles. The van der Waals surface area contributed by atoms with Gasteiger partial charge in [0.25, 0.3) is 5.82 Å². The Kier molecular flexibility index (Phi) is 4.00. The SMILES string of the molecule is CCCCc1n(CCC)cc[n+]1C. The van der Waals surface area contributed by atoms with Crippen LogP contribution >= 0.6 is 0 Å². The third-order valence-electron chi connectivity index (χ3n) is 2.43. The maximum Gasteiger partial charge on any atom is 0.256 e. The predicted octanol–water partition coefficient (Wildman–Crippen LogP) is 2.07. The first-order chi connectivity index (χ1) is 6.29. The normalized spacial score (nSPS) is 10.7. The lowest BCUT2D eigenvalue weighted by Gasteiger charge is -2.00. The van der Waals surface area contributed by atoms with Gasteiger partial charge in [-0.15, -0.1) is 0 Å². The molecule has 0 saturated heterocycles. The fourth-order valence-electron chi connectivity index (χ4n) is 1.65. The van der Waals surface area contributed by atoms with E-state index >= 15 is 0 Å². The Morgan fingerprint density at radius 3 is 2.69 bits per heavy atom. The first-order valence-electron chi connectivity index (χ1n) is 5.33. The molecule has 0 atom stereocenters. The number of aromatic nitrogens is 2. The number of rotatable bonds is 5. The summed E-state index contributed by atoms with van der Waals surface area (Å²) in [4.78, 5) is 0. The molecule has 0 bridgehead atoms. The van der Waals surface area contributed by atoms with E-state index in [4.69, 9.17) is 0 Å². The zero-order valence-corrected chi connectivity index (χ0v) is 9.08. The minimum absolute atomic E-state index is 1.15. The Balaban J connectivity index is 2.69. The van der Waals surface area contributed by atoms with Gasteiger partial charge >= 0.3 is 0 Å². The van der Waals surface area contributed by atoms with Crippen LogP contribution in [0.25, 0.3) is 0 Å². The van der Waals surface area contributed by atoms with Crippen LogP contribution in [0.5, 0.6) is 0 Å². The molecule has 1 aromatic heterocycles. The fraction of sp³-hybridized carbons (Fsp3) is 0.727. The van der Waals surface area contributed by atoms with Crippen molar-refractivity contribution in [1.82, 2.24) is 4.57 Å². The second-order valence-corrected chi connectivity index (χ2v) is 3.62. The largest absolute Gasteiger partial charge is 0.256 e. The molecule has 0 N–H and O–H groups in total. The molecule has 0 amide bonds. The van der Waals surface area contributed by atoms with E-state index in [-0.39, 0.29) is 0 Å². The molecule has 1 aromatic rings. The van der Waals surface area contributed by atoms with Crippen LogP contribution in [-0.4, -0.2) is 4.57 Å². The van der Waals surface area contributed by atoms with Crippen molar-refractivity contribution < 1.29 is 4.57 Å². The molecule has 13 heavy (non-hydrogen) atoms. The van der Waals surface area contributed by atoms with Gasteiger partial charge in [-0.1, -0.05) is 20.3 Å². The Hall–Kier alpha value is -0.790. The monoisotopic (exact) mass is 181 g/mol. The molecule has 0 unspecified atom stereocenters. The maximum absolute atomic E-state index is 2.37. The van der Waals surface area contributed by atoms with Crippen molar-refractivity contribution in [2.45, 2.75) is 46.1 Å². The lowest BCUT2D eigenvalue weighted by Crippen LogP contribution is -2.32. The lowest BCUT2D eigenvalue weighted by molar-refractivity contribution is -0.678. The van der Waals surface area contributed by atoms with Gasteiger partial charge in [-0.3, -0.25) is 0 Å². The summed E-state index contributed by atoms with van der Waals surface area (Å²) in [5.74, 6) is 1.46. The van der Waals surface area contributed by atoms with Crippen LogP contribution in [0.15, 0.2) is 12.4 Å².